The zero-order valence-corrected chi connectivity index (χ0v) is 63.8. The van der Waals surface area contributed by atoms with E-state index in [1.54, 1.807) is 38.3 Å². The Morgan fingerprint density at radius 2 is 0.873 bits per heavy atom. The minimum atomic E-state index is -4.29. The summed E-state index contributed by atoms with van der Waals surface area (Å²) in [6, 6.07) is 61.4. The third-order valence-corrected chi connectivity index (χ3v) is 14.3. The number of aryl methyl sites for hydroxylation is 3. The van der Waals surface area contributed by atoms with Crippen molar-refractivity contribution in [3.63, 3.8) is 0 Å². The van der Waals surface area contributed by atoms with Crippen molar-refractivity contribution in [1.82, 2.24) is 5.32 Å². The van der Waals surface area contributed by atoms with E-state index in [-0.39, 0.29) is 86.6 Å². The van der Waals surface area contributed by atoms with Crippen molar-refractivity contribution in [2.24, 2.45) is 10.7 Å². The number of aliphatic hydroxyl groups excluding tert-OH is 1. The molecule has 4 N–H and O–H groups in total. The topological polar surface area (TPSA) is 141 Å². The normalized spacial score (nSPS) is 11.6. The van der Waals surface area contributed by atoms with E-state index in [1.807, 2.05) is 124 Å². The molecule has 548 valence electrons. The first-order valence-electron chi connectivity index (χ1n) is 33.7. The number of hydrogen-bond donors (Lipinski definition) is 3. The molecule has 9 rings (SSSR count). The SMILES string of the molecule is C#N.CC(=NCCCc1cccc(C(F)(F)F)c1)c1cccc2ccccc12.CC(C)OOC(C)C.CC(C)OOC(C)C.CC(N)c1cccc2ccccc12.CC(NCCCc1cccc(C(F)(F)F)c1)c1cccc2ccccc12.CCO.COCCCc1cccc(C(F)F)c1.[B-].[Na+]. The average Bonchev–Trinajstić information content (AvgIpc) is 0.737. The molecule has 0 bridgehead atoms. The van der Waals surface area contributed by atoms with Crippen LogP contribution in [0.2, 0.25) is 0 Å². The molecule has 20 heteroatoms. The molecule has 9 aromatic rings. The van der Waals surface area contributed by atoms with Gasteiger partial charge in [0, 0.05) is 62.4 Å². The van der Waals surface area contributed by atoms with Gasteiger partial charge in [0.25, 0.3) is 6.43 Å². The first-order chi connectivity index (χ1) is 47.6. The van der Waals surface area contributed by atoms with Crippen LogP contribution in [-0.4, -0.2) is 77.1 Å². The molecular weight excluding hydrogens is 1320 g/mol. The minimum absolute atomic E-state index is 0. The molecule has 10 nitrogen and oxygen atoms in total. The molecule has 9 aromatic carbocycles. The Hall–Kier alpha value is -6.90. The van der Waals surface area contributed by atoms with Gasteiger partial charge in [-0.05, 0) is 200 Å². The number of alkyl halides is 8. The second kappa shape index (κ2) is 53.0. The molecule has 2 atom stereocenters. The summed E-state index contributed by atoms with van der Waals surface area (Å²) in [5, 5.41) is 24.9. The van der Waals surface area contributed by atoms with Crippen LogP contribution in [-0.2, 0) is 55.9 Å². The fourth-order valence-corrected chi connectivity index (χ4v) is 9.71. The summed E-state index contributed by atoms with van der Waals surface area (Å²) in [6.45, 7) is 29.0. The summed E-state index contributed by atoms with van der Waals surface area (Å²) in [4.78, 5) is 23.8. The maximum Gasteiger partial charge on any atom is 1.00 e. The van der Waals surface area contributed by atoms with Gasteiger partial charge in [0.2, 0.25) is 0 Å². The Kier molecular flexibility index (Phi) is 49.4. The van der Waals surface area contributed by atoms with Crippen LogP contribution in [0.15, 0.2) is 205 Å². The van der Waals surface area contributed by atoms with Crippen LogP contribution in [0.1, 0.15) is 171 Å². The number of halogens is 8. The molecule has 0 spiro atoms. The van der Waals surface area contributed by atoms with E-state index >= 15 is 0 Å². The number of nitriles is 1. The molecule has 0 fully saturated rings. The van der Waals surface area contributed by atoms with Gasteiger partial charge in [-0.15, -0.1) is 0 Å². The van der Waals surface area contributed by atoms with Crippen LogP contribution in [0.4, 0.5) is 35.1 Å². The van der Waals surface area contributed by atoms with E-state index in [9.17, 15) is 35.1 Å². The third-order valence-electron chi connectivity index (χ3n) is 14.3. The van der Waals surface area contributed by atoms with Crippen LogP contribution < -0.4 is 40.6 Å². The number of fused-ring (bicyclic) bond motifs is 3. The largest absolute Gasteiger partial charge is 1.00 e. The van der Waals surface area contributed by atoms with Gasteiger partial charge in [0.05, 0.1) is 35.5 Å². The van der Waals surface area contributed by atoms with Crippen LogP contribution in [0.5, 0.6) is 0 Å². The Bertz CT molecular complexity index is 3690. The maximum absolute atomic E-state index is 12.8. The van der Waals surface area contributed by atoms with Crippen LogP contribution in [0.25, 0.3) is 32.3 Å². The smallest absolute Gasteiger partial charge is 1.00 e. The van der Waals surface area contributed by atoms with Crippen molar-refractivity contribution in [3.05, 3.63) is 250 Å². The Labute approximate surface area is 625 Å². The van der Waals surface area contributed by atoms with Crippen LogP contribution >= 0.6 is 0 Å². The molecule has 2 unspecified atom stereocenters. The summed E-state index contributed by atoms with van der Waals surface area (Å²) in [5.41, 5.74) is 11.7. The number of hydrogen-bond acceptors (Lipinski definition) is 10. The Balaban J connectivity index is 0.00000124. The predicted octanol–water partition coefficient (Wildman–Crippen LogP) is 18.8. The number of benzene rings is 9. The van der Waals surface area contributed by atoms with Gasteiger partial charge in [-0.1, -0.05) is 188 Å². The van der Waals surface area contributed by atoms with Gasteiger partial charge in [0.15, 0.2) is 0 Å². The van der Waals surface area contributed by atoms with Crippen molar-refractivity contribution in [1.29, 1.82) is 5.26 Å². The van der Waals surface area contributed by atoms with Gasteiger partial charge in [-0.2, -0.15) is 26.3 Å². The van der Waals surface area contributed by atoms with E-state index in [4.69, 9.17) is 40.4 Å². The molecular formula is C82H104BF8N4NaO6. The second-order valence-electron chi connectivity index (χ2n) is 24.2. The molecule has 0 amide bonds. The zero-order valence-electron chi connectivity index (χ0n) is 61.8. The maximum atomic E-state index is 12.8. The molecule has 0 saturated heterocycles. The van der Waals surface area contributed by atoms with Gasteiger partial charge in [0.1, 0.15) is 0 Å². The van der Waals surface area contributed by atoms with Gasteiger partial charge >= 0.3 is 41.9 Å². The van der Waals surface area contributed by atoms with E-state index in [0.717, 1.165) is 65.7 Å². The third kappa shape index (κ3) is 38.6. The number of rotatable bonds is 23. The fourth-order valence-electron chi connectivity index (χ4n) is 9.71. The average molecular weight is 1430 g/mol. The van der Waals surface area contributed by atoms with Crippen molar-refractivity contribution >= 4 is 46.4 Å². The predicted molar refractivity (Wildman–Crippen MR) is 399 cm³/mol. The summed E-state index contributed by atoms with van der Waals surface area (Å²) in [5.74, 6) is 0. The molecule has 0 aliphatic carbocycles. The molecule has 0 heterocycles. The van der Waals surface area contributed by atoms with E-state index in [0.29, 0.717) is 38.0 Å². The first-order valence-corrected chi connectivity index (χ1v) is 33.7. The molecule has 0 aromatic heterocycles. The summed E-state index contributed by atoms with van der Waals surface area (Å²) < 4.78 is 106. The number of aliphatic hydroxyl groups is 1. The number of nitrogens with zero attached hydrogens (tertiary/aromatic N) is 2. The van der Waals surface area contributed by atoms with Gasteiger partial charge in [-0.3, -0.25) is 4.99 Å². The van der Waals surface area contributed by atoms with Crippen LogP contribution in [0, 0.1) is 11.8 Å². The first kappa shape index (κ1) is 95.1. The number of methoxy groups -OCH3 is 1. The number of aliphatic imine (C=N–C) groups is 1. The Morgan fingerprint density at radius 1 is 0.510 bits per heavy atom. The Morgan fingerprint density at radius 3 is 1.30 bits per heavy atom. The van der Waals surface area contributed by atoms with Crippen molar-refractivity contribution in [3.8, 4) is 6.57 Å². The van der Waals surface area contributed by atoms with E-state index in [2.05, 4.69) is 103 Å². The molecule has 0 saturated carbocycles. The quantitative estimate of drug-likeness (QED) is 0.0143. The second-order valence-corrected chi connectivity index (χ2v) is 24.2. The summed E-state index contributed by atoms with van der Waals surface area (Å²) in [7, 11) is 1.63. The molecule has 102 heavy (non-hydrogen) atoms. The van der Waals surface area contributed by atoms with E-state index in [1.165, 1.54) is 68.4 Å². The molecule has 4 radical (unpaired) electrons. The minimum Gasteiger partial charge on any atom is -1.00 e. The van der Waals surface area contributed by atoms with Crippen LogP contribution in [0.3, 0.4) is 0 Å². The van der Waals surface area contributed by atoms with Gasteiger partial charge in [-0.25, -0.2) is 33.6 Å². The number of nitrogens with one attached hydrogen (secondary N) is 1. The van der Waals surface area contributed by atoms with Crippen molar-refractivity contribution < 1.29 is 94.1 Å². The monoisotopic (exact) mass is 1430 g/mol. The molecule has 0 aliphatic rings. The fraction of sp³-hybridized carbons (Fsp3) is 0.390. The van der Waals surface area contributed by atoms with Gasteiger partial charge < -0.3 is 29.3 Å². The zero-order chi connectivity index (χ0) is 74.6. The van der Waals surface area contributed by atoms with Crippen molar-refractivity contribution in [2.45, 2.75) is 177 Å². The van der Waals surface area contributed by atoms with E-state index < -0.39 is 29.9 Å². The molecule has 0 aliphatic heterocycles. The number of nitrogens with two attached hydrogens (primary N) is 1. The number of ether oxygens (including phenoxy) is 1. The summed E-state index contributed by atoms with van der Waals surface area (Å²) >= 11 is 0. The van der Waals surface area contributed by atoms with Crippen molar-refractivity contribution in [2.75, 3.05) is 33.4 Å². The standard InChI is InChI=1S/C22H22F3N.C22H20F3N.C12H13N.C11H14F2O.2C6H14O2.C2H6O.CHN.B.Na/c2*1-16(20-13-5-10-18-9-2-3-12-21(18)20)26-14-6-8-17-7-4-11-19(15-17)22(23,24)25;1-9(13)11-8-4-6-10-5-2-3-7-12(10)11;1-14-7-3-5-9-4-2-6-10(8-9)11(12)13;2*1-5(2)7-8-6(3)4;1-2-3;1-2;;/h2-5,7,9-13,15-16,26H,6,8,14H2,1H3;2-5,7,9-13,15H,6,8,14H2,1H3;2-9H,13H2,1H3;2,4,6,8,11H,3,5,7H2,1H3;2*5-6H,1-4H3;3H,2H2,1H3;1H;;/q;;;;;;;;-1;+1. The summed E-state index contributed by atoms with van der Waals surface area (Å²) in [6.07, 6.45) is -5.94.